The number of hydrogen-bond donors (Lipinski definition) is 3. The highest BCUT2D eigenvalue weighted by molar-refractivity contribution is 6.61. The van der Waals surface area contributed by atoms with Gasteiger partial charge in [0.1, 0.15) is 0 Å². The van der Waals surface area contributed by atoms with Crippen LogP contribution in [0.15, 0.2) is 0 Å². The van der Waals surface area contributed by atoms with Gasteiger partial charge in [-0.1, -0.05) is 36.6 Å². The third kappa shape index (κ3) is 26.7. The van der Waals surface area contributed by atoms with Crippen LogP contribution in [0, 0.1) is 0 Å². The van der Waals surface area contributed by atoms with E-state index in [2.05, 4.69) is 0 Å². The third-order valence-corrected chi connectivity index (χ3v) is 10.7. The van der Waals surface area contributed by atoms with Gasteiger partial charge in [-0.05, 0) is 60.8 Å². The van der Waals surface area contributed by atoms with Crippen molar-refractivity contribution in [2.45, 2.75) is 133 Å². The summed E-state index contributed by atoms with van der Waals surface area (Å²) in [7, 11) is 0.860. The highest BCUT2D eigenvalue weighted by Crippen LogP contribution is 2.25. The summed E-state index contributed by atoms with van der Waals surface area (Å²) in [5.41, 5.74) is -0.690. The molecular formula is C27H70O10Si2. The van der Waals surface area contributed by atoms with E-state index in [1.54, 1.807) is 28.4 Å². The average Bonchev–Trinajstić information content (AvgIpc) is 2.78. The van der Waals surface area contributed by atoms with Crippen LogP contribution in [0.5, 0.6) is 0 Å². The molecule has 0 spiro atoms. The van der Waals surface area contributed by atoms with Crippen molar-refractivity contribution in [3.05, 3.63) is 0 Å². The lowest BCUT2D eigenvalue weighted by atomic mass is 10.2. The normalized spacial score (nSPS) is 13.4. The van der Waals surface area contributed by atoms with Gasteiger partial charge < -0.3 is 46.6 Å². The van der Waals surface area contributed by atoms with E-state index in [-0.39, 0.29) is 47.5 Å². The van der Waals surface area contributed by atoms with Gasteiger partial charge in [-0.25, -0.2) is 0 Å². The molecule has 0 saturated heterocycles. The summed E-state index contributed by atoms with van der Waals surface area (Å²) in [6.07, 6.45) is 0.649. The Morgan fingerprint density at radius 1 is 0.641 bits per heavy atom. The molecule has 0 aliphatic rings. The van der Waals surface area contributed by atoms with E-state index in [1.165, 1.54) is 0 Å². The van der Waals surface area contributed by atoms with Crippen molar-refractivity contribution in [1.29, 1.82) is 0 Å². The fourth-order valence-electron chi connectivity index (χ4n) is 3.00. The maximum absolute atomic E-state index is 9.86. The Morgan fingerprint density at radius 3 is 1.23 bits per heavy atom. The summed E-state index contributed by atoms with van der Waals surface area (Å²) in [4.78, 5) is 0. The van der Waals surface area contributed by atoms with E-state index < -0.39 is 29.8 Å². The predicted molar refractivity (Wildman–Crippen MR) is 167 cm³/mol. The Balaban J connectivity index is -0.000000128. The van der Waals surface area contributed by atoms with Crippen LogP contribution >= 0.6 is 0 Å². The fraction of sp³-hybridized carbons (Fsp3) is 1.00. The van der Waals surface area contributed by atoms with Crippen LogP contribution in [0.3, 0.4) is 0 Å². The predicted octanol–water partition coefficient (Wildman–Crippen LogP) is 5.53. The maximum atomic E-state index is 9.86. The molecule has 0 aliphatic heterocycles. The second-order valence-electron chi connectivity index (χ2n) is 10.3. The summed E-state index contributed by atoms with van der Waals surface area (Å²) in [5, 5.41) is 27.9. The molecule has 39 heavy (non-hydrogen) atoms. The van der Waals surface area contributed by atoms with Crippen LogP contribution in [-0.2, 0) is 31.3 Å². The van der Waals surface area contributed by atoms with E-state index in [0.717, 1.165) is 6.42 Å². The smallest absolute Gasteiger partial charge is 0.394 e. The fourth-order valence-corrected chi connectivity index (χ4v) is 7.93. The first-order valence-electron chi connectivity index (χ1n) is 12.2. The molecule has 0 radical (unpaired) electrons. The van der Waals surface area contributed by atoms with E-state index in [0.29, 0.717) is 38.1 Å². The van der Waals surface area contributed by atoms with E-state index in [4.69, 9.17) is 36.4 Å². The molecule has 0 aromatic carbocycles. The topological polar surface area (TPSA) is 125 Å². The number of aliphatic hydroxyl groups is 3. The molecule has 246 valence electrons. The molecule has 0 heterocycles. The Kier molecular flexibility index (Phi) is 34.1. The van der Waals surface area contributed by atoms with E-state index in [9.17, 15) is 10.2 Å². The zero-order valence-electron chi connectivity index (χ0n) is 24.0. The van der Waals surface area contributed by atoms with Gasteiger partial charge in [0.15, 0.2) is 0 Å². The Hall–Kier alpha value is 0.0338. The van der Waals surface area contributed by atoms with Gasteiger partial charge in [0.05, 0.1) is 36.6 Å². The lowest BCUT2D eigenvalue weighted by molar-refractivity contribution is 0.00634. The number of hydrogen-bond acceptors (Lipinski definition) is 10. The van der Waals surface area contributed by atoms with Crippen LogP contribution in [-0.4, -0.2) is 105 Å². The van der Waals surface area contributed by atoms with Crippen molar-refractivity contribution in [2.75, 3.05) is 48.3 Å². The Bertz CT molecular complexity index is 506. The summed E-state index contributed by atoms with van der Waals surface area (Å²) in [5.74, 6) is 0. The average molecular weight is 611 g/mol. The lowest BCUT2D eigenvalue weighted by Crippen LogP contribution is -2.49. The van der Waals surface area contributed by atoms with Crippen LogP contribution in [0.2, 0.25) is 12.1 Å². The number of rotatable bonds is 17. The molecule has 0 bridgehead atoms. The summed E-state index contributed by atoms with van der Waals surface area (Å²) in [6, 6.07) is 1.06. The molecule has 0 aromatic rings. The SMILES string of the molecule is C.C.C.C.CCCOCC(O)CC[Si](OC)(OC)OC(C)(C)C.CO[Si](CCC(O)CO)(OC)OC(C)(C)C. The maximum Gasteiger partial charge on any atom is 0.500 e. The molecule has 12 heteroatoms. The molecule has 3 N–H and O–H groups in total. The van der Waals surface area contributed by atoms with Gasteiger partial charge >= 0.3 is 17.6 Å². The lowest BCUT2D eigenvalue weighted by Gasteiger charge is -2.34. The molecule has 0 amide bonds. The summed E-state index contributed by atoms with van der Waals surface area (Å²) < 4.78 is 38.8. The largest absolute Gasteiger partial charge is 0.500 e. The first kappa shape index (κ1) is 51.7. The molecule has 2 unspecified atom stereocenters. The van der Waals surface area contributed by atoms with Gasteiger partial charge in [0.2, 0.25) is 0 Å². The van der Waals surface area contributed by atoms with Crippen molar-refractivity contribution >= 4 is 17.6 Å². The molecule has 0 aromatic heterocycles. The highest BCUT2D eigenvalue weighted by atomic mass is 28.4. The minimum absolute atomic E-state index is 0. The van der Waals surface area contributed by atoms with E-state index in [1.807, 2.05) is 48.5 Å². The van der Waals surface area contributed by atoms with Gasteiger partial charge in [0.25, 0.3) is 0 Å². The van der Waals surface area contributed by atoms with Crippen LogP contribution < -0.4 is 0 Å². The van der Waals surface area contributed by atoms with Gasteiger partial charge in [-0.15, -0.1) is 0 Å². The number of aliphatic hydroxyl groups excluding tert-OH is 3. The van der Waals surface area contributed by atoms with E-state index >= 15 is 0 Å². The van der Waals surface area contributed by atoms with Gasteiger partial charge in [-0.3, -0.25) is 0 Å². The molecule has 0 rings (SSSR count). The molecule has 0 fully saturated rings. The van der Waals surface area contributed by atoms with Crippen LogP contribution in [0.4, 0.5) is 0 Å². The van der Waals surface area contributed by atoms with Crippen molar-refractivity contribution in [2.24, 2.45) is 0 Å². The second-order valence-corrected chi connectivity index (χ2v) is 16.0. The summed E-state index contributed by atoms with van der Waals surface area (Å²) >= 11 is 0. The van der Waals surface area contributed by atoms with Crippen LogP contribution in [0.25, 0.3) is 0 Å². The number of ether oxygens (including phenoxy) is 1. The van der Waals surface area contributed by atoms with Gasteiger partial charge in [-0.2, -0.15) is 0 Å². The Morgan fingerprint density at radius 2 is 0.974 bits per heavy atom. The first-order chi connectivity index (χ1) is 16.1. The van der Waals surface area contributed by atoms with Crippen molar-refractivity contribution in [1.82, 2.24) is 0 Å². The molecular weight excluding hydrogens is 540 g/mol. The van der Waals surface area contributed by atoms with Crippen molar-refractivity contribution in [3.8, 4) is 0 Å². The minimum atomic E-state index is -2.73. The first-order valence-corrected chi connectivity index (χ1v) is 16.1. The highest BCUT2D eigenvalue weighted by Gasteiger charge is 2.43. The zero-order chi connectivity index (χ0) is 27.8. The molecule has 10 nitrogen and oxygen atoms in total. The minimum Gasteiger partial charge on any atom is -0.394 e. The standard InChI is InChI=1S/C13H30O5Si.C10H24O5Si.4CH4/c1-7-9-17-11-12(14)8-10-19(15-5,16-6)18-13(2,3)4;1-10(2,3)15-16(13-4,14-5)7-6-9(12)8-11;;;;/h12,14H,7-11H2,1-6H3;9,11-12H,6-8H2,1-5H3;4*1H4. The molecule has 2 atom stereocenters. The summed E-state index contributed by atoms with van der Waals surface area (Å²) in [6.45, 7) is 14.5. The molecule has 0 saturated carbocycles. The quantitative estimate of drug-likeness (QED) is 0.143. The van der Waals surface area contributed by atoms with Gasteiger partial charge in [0, 0.05) is 47.1 Å². The second kappa shape index (κ2) is 25.7. The molecule has 0 aliphatic carbocycles. The van der Waals surface area contributed by atoms with Crippen LogP contribution in [0.1, 0.15) is 97.4 Å². The monoisotopic (exact) mass is 610 g/mol. The Labute approximate surface area is 245 Å². The van der Waals surface area contributed by atoms with Crippen molar-refractivity contribution < 1.29 is 46.6 Å². The van der Waals surface area contributed by atoms with Crippen molar-refractivity contribution in [3.63, 3.8) is 0 Å². The zero-order valence-corrected chi connectivity index (χ0v) is 26.0. The third-order valence-electron chi connectivity index (χ3n) is 4.60.